The zero-order valence-electron chi connectivity index (χ0n) is 12.0. The van der Waals surface area contributed by atoms with Gasteiger partial charge in [-0.15, -0.1) is 0 Å². The Labute approximate surface area is 115 Å². The summed E-state index contributed by atoms with van der Waals surface area (Å²) >= 11 is 0. The molecule has 2 heterocycles. The number of anilines is 1. The Morgan fingerprint density at radius 2 is 2.00 bits per heavy atom. The van der Waals surface area contributed by atoms with Crippen LogP contribution in [0.1, 0.15) is 30.6 Å². The van der Waals surface area contributed by atoms with Gasteiger partial charge in [-0.2, -0.15) is 0 Å². The molecule has 0 N–H and O–H groups in total. The molecule has 2 atom stereocenters. The predicted molar refractivity (Wildman–Crippen MR) is 77.5 cm³/mol. The molecule has 2 aliphatic heterocycles. The van der Waals surface area contributed by atoms with E-state index in [1.807, 2.05) is 18.2 Å². The van der Waals surface area contributed by atoms with Crippen LogP contribution in [0.2, 0.25) is 0 Å². The van der Waals surface area contributed by atoms with Crippen LogP contribution in [0.4, 0.5) is 5.69 Å². The summed E-state index contributed by atoms with van der Waals surface area (Å²) in [6.07, 6.45) is 1.14. The number of hydrogen-bond acceptors (Lipinski definition) is 2. The Kier molecular flexibility index (Phi) is 3.00. The van der Waals surface area contributed by atoms with Crippen LogP contribution >= 0.6 is 0 Å². The summed E-state index contributed by atoms with van der Waals surface area (Å²) in [5.41, 5.74) is 1.93. The highest BCUT2D eigenvalue weighted by Gasteiger charge is 2.41. The van der Waals surface area contributed by atoms with Crippen molar-refractivity contribution in [3.63, 3.8) is 0 Å². The molecule has 0 spiro atoms. The number of fused-ring (bicyclic) bond motifs is 2. The van der Waals surface area contributed by atoms with E-state index >= 15 is 0 Å². The maximum absolute atomic E-state index is 12.7. The Hall–Kier alpha value is -1.51. The fraction of sp³-hybridized carbons (Fsp3) is 0.562. The SMILES string of the molecule is CC(C)[C@@H]1CCN2C(=O)c3ccccc3N(C)C[C@H]12. The molecule has 0 saturated carbocycles. The van der Waals surface area contributed by atoms with Crippen LogP contribution in [0.5, 0.6) is 0 Å². The van der Waals surface area contributed by atoms with Crippen LogP contribution in [0, 0.1) is 11.8 Å². The number of carbonyl (C=O) groups excluding carboxylic acids is 1. The lowest BCUT2D eigenvalue weighted by Crippen LogP contribution is -2.43. The molecule has 102 valence electrons. The van der Waals surface area contributed by atoms with Crippen LogP contribution in [-0.2, 0) is 0 Å². The van der Waals surface area contributed by atoms with Gasteiger partial charge in [0.15, 0.2) is 0 Å². The fourth-order valence-electron chi connectivity index (χ4n) is 3.66. The van der Waals surface area contributed by atoms with Crippen molar-refractivity contribution in [3.8, 4) is 0 Å². The van der Waals surface area contributed by atoms with E-state index in [1.165, 1.54) is 0 Å². The van der Waals surface area contributed by atoms with Gasteiger partial charge in [0.05, 0.1) is 11.6 Å². The van der Waals surface area contributed by atoms with Gasteiger partial charge in [-0.1, -0.05) is 26.0 Å². The van der Waals surface area contributed by atoms with E-state index in [4.69, 9.17) is 0 Å². The minimum Gasteiger partial charge on any atom is -0.372 e. The number of para-hydroxylation sites is 1. The molecule has 1 aromatic carbocycles. The molecule has 3 nitrogen and oxygen atoms in total. The van der Waals surface area contributed by atoms with Gasteiger partial charge in [0.2, 0.25) is 0 Å². The first kappa shape index (κ1) is 12.5. The minimum absolute atomic E-state index is 0.216. The van der Waals surface area contributed by atoms with E-state index in [0.29, 0.717) is 17.9 Å². The summed E-state index contributed by atoms with van der Waals surface area (Å²) in [6.45, 7) is 6.41. The second kappa shape index (κ2) is 4.55. The summed E-state index contributed by atoms with van der Waals surface area (Å²) in [6, 6.07) is 8.35. The molecule has 2 aliphatic rings. The highest BCUT2D eigenvalue weighted by Crippen LogP contribution is 2.36. The van der Waals surface area contributed by atoms with Crippen LogP contribution < -0.4 is 4.90 Å². The Morgan fingerprint density at radius 1 is 1.26 bits per heavy atom. The zero-order valence-corrected chi connectivity index (χ0v) is 12.0. The van der Waals surface area contributed by atoms with Crippen molar-refractivity contribution < 1.29 is 4.79 Å². The van der Waals surface area contributed by atoms with E-state index < -0.39 is 0 Å². The van der Waals surface area contributed by atoms with Gasteiger partial charge in [-0.05, 0) is 30.4 Å². The van der Waals surface area contributed by atoms with Crippen molar-refractivity contribution >= 4 is 11.6 Å². The van der Waals surface area contributed by atoms with Crippen molar-refractivity contribution in [3.05, 3.63) is 29.8 Å². The third-order valence-corrected chi connectivity index (χ3v) is 4.72. The Morgan fingerprint density at radius 3 is 2.74 bits per heavy atom. The number of nitrogens with zero attached hydrogens (tertiary/aromatic N) is 2. The van der Waals surface area contributed by atoms with E-state index in [9.17, 15) is 4.79 Å². The number of rotatable bonds is 1. The molecule has 1 aromatic rings. The first-order chi connectivity index (χ1) is 9.09. The second-order valence-electron chi connectivity index (χ2n) is 6.16. The van der Waals surface area contributed by atoms with E-state index in [1.54, 1.807) is 0 Å². The second-order valence-corrected chi connectivity index (χ2v) is 6.16. The zero-order chi connectivity index (χ0) is 13.6. The summed E-state index contributed by atoms with van der Waals surface area (Å²) in [4.78, 5) is 17.1. The molecule has 3 rings (SSSR count). The first-order valence-electron chi connectivity index (χ1n) is 7.20. The van der Waals surface area contributed by atoms with Gasteiger partial charge in [-0.3, -0.25) is 4.79 Å². The molecule has 0 unspecified atom stereocenters. The Bertz CT molecular complexity index is 497. The molecule has 1 fully saturated rings. The molecule has 3 heteroatoms. The number of hydrogen-bond donors (Lipinski definition) is 0. The van der Waals surface area contributed by atoms with Gasteiger partial charge >= 0.3 is 0 Å². The predicted octanol–water partition coefficient (Wildman–Crippen LogP) is 2.62. The van der Waals surface area contributed by atoms with E-state index in [-0.39, 0.29) is 5.91 Å². The van der Waals surface area contributed by atoms with Crippen molar-refractivity contribution in [1.82, 2.24) is 4.90 Å². The number of likely N-dealkylation sites (N-methyl/N-ethyl adjacent to an activating group) is 1. The number of benzene rings is 1. The van der Waals surface area contributed by atoms with Crippen LogP contribution in [0.15, 0.2) is 24.3 Å². The molecule has 0 aliphatic carbocycles. The first-order valence-corrected chi connectivity index (χ1v) is 7.20. The average Bonchev–Trinajstić information content (AvgIpc) is 2.77. The summed E-state index contributed by atoms with van der Waals surface area (Å²) in [5, 5.41) is 0. The van der Waals surface area contributed by atoms with Crippen LogP contribution in [-0.4, -0.2) is 37.0 Å². The van der Waals surface area contributed by atoms with Gasteiger partial charge in [0, 0.05) is 25.8 Å². The Balaban J connectivity index is 2.01. The smallest absolute Gasteiger partial charge is 0.256 e. The maximum atomic E-state index is 12.7. The minimum atomic E-state index is 0.216. The van der Waals surface area contributed by atoms with Crippen molar-refractivity contribution in [2.45, 2.75) is 26.3 Å². The van der Waals surface area contributed by atoms with Gasteiger partial charge in [0.25, 0.3) is 5.91 Å². The summed E-state index contributed by atoms with van der Waals surface area (Å²) in [5.74, 6) is 1.48. The lowest BCUT2D eigenvalue weighted by atomic mass is 9.88. The van der Waals surface area contributed by atoms with Crippen LogP contribution in [0.3, 0.4) is 0 Å². The van der Waals surface area contributed by atoms with Crippen LogP contribution in [0.25, 0.3) is 0 Å². The quantitative estimate of drug-likeness (QED) is 0.773. The molecule has 1 amide bonds. The van der Waals surface area contributed by atoms with Crippen molar-refractivity contribution in [2.24, 2.45) is 11.8 Å². The molecule has 0 bridgehead atoms. The molecule has 1 saturated heterocycles. The largest absolute Gasteiger partial charge is 0.372 e. The molecular weight excluding hydrogens is 236 g/mol. The molecule has 19 heavy (non-hydrogen) atoms. The topological polar surface area (TPSA) is 23.6 Å². The lowest BCUT2D eigenvalue weighted by Gasteiger charge is -2.30. The van der Waals surface area contributed by atoms with Crippen molar-refractivity contribution in [1.29, 1.82) is 0 Å². The molecule has 0 aromatic heterocycles. The maximum Gasteiger partial charge on any atom is 0.256 e. The highest BCUT2D eigenvalue weighted by atomic mass is 16.2. The monoisotopic (exact) mass is 258 g/mol. The summed E-state index contributed by atoms with van der Waals surface area (Å²) < 4.78 is 0. The van der Waals surface area contributed by atoms with Gasteiger partial charge < -0.3 is 9.80 Å². The molecule has 0 radical (unpaired) electrons. The average molecular weight is 258 g/mol. The third-order valence-electron chi connectivity index (χ3n) is 4.72. The third kappa shape index (κ3) is 1.92. The lowest BCUT2D eigenvalue weighted by molar-refractivity contribution is 0.0723. The molecular formula is C16H22N2O. The van der Waals surface area contributed by atoms with E-state index in [0.717, 1.165) is 30.8 Å². The number of amides is 1. The normalized spacial score (nSPS) is 26.4. The number of carbonyl (C=O) groups is 1. The van der Waals surface area contributed by atoms with Crippen molar-refractivity contribution in [2.75, 3.05) is 25.0 Å². The standard InChI is InChI=1S/C16H22N2O/c1-11(2)12-8-9-18-15(12)10-17(3)14-7-5-4-6-13(14)16(18)19/h4-7,11-12,15H,8-10H2,1-3H3/t12-,15+/m0/s1. The van der Waals surface area contributed by atoms with E-state index in [2.05, 4.69) is 36.8 Å². The highest BCUT2D eigenvalue weighted by molar-refractivity contribution is 6.00. The summed E-state index contributed by atoms with van der Waals surface area (Å²) in [7, 11) is 2.10. The van der Waals surface area contributed by atoms with Gasteiger partial charge in [0.1, 0.15) is 0 Å². The van der Waals surface area contributed by atoms with Gasteiger partial charge in [-0.25, -0.2) is 0 Å². The fourth-order valence-corrected chi connectivity index (χ4v) is 3.66.